The van der Waals surface area contributed by atoms with Crippen LogP contribution in [0.2, 0.25) is 0 Å². The van der Waals surface area contributed by atoms with E-state index >= 15 is 0 Å². The zero-order valence-electron chi connectivity index (χ0n) is 12.1. The highest BCUT2D eigenvalue weighted by molar-refractivity contribution is 5.74. The normalized spacial score (nSPS) is 13.6. The van der Waals surface area contributed by atoms with Crippen LogP contribution in [-0.2, 0) is 0 Å². The van der Waals surface area contributed by atoms with E-state index in [1.165, 1.54) is 5.56 Å². The molecule has 1 heterocycles. The Morgan fingerprint density at radius 1 is 0.900 bits per heavy atom. The van der Waals surface area contributed by atoms with E-state index in [4.69, 9.17) is 0 Å². The molecule has 3 rings (SSSR count). The predicted octanol–water partition coefficient (Wildman–Crippen LogP) is 4.07. The van der Waals surface area contributed by atoms with Gasteiger partial charge in [-0.1, -0.05) is 68.4 Å². The lowest BCUT2D eigenvalue weighted by molar-refractivity contribution is 0.268. The molecular formula is C17H19N3. The van der Waals surface area contributed by atoms with Gasteiger partial charge < -0.3 is 0 Å². The molecule has 0 fully saturated rings. The zero-order valence-corrected chi connectivity index (χ0v) is 12.1. The van der Waals surface area contributed by atoms with Crippen molar-refractivity contribution in [2.45, 2.75) is 26.8 Å². The highest BCUT2D eigenvalue weighted by Gasteiger charge is 2.30. The number of fused-ring (bicyclic) bond motifs is 1. The number of hydrogen-bond acceptors (Lipinski definition) is 2. The van der Waals surface area contributed by atoms with Gasteiger partial charge in [-0.2, -0.15) is 0 Å². The lowest BCUT2D eigenvalue weighted by atomic mass is 9.82. The molecule has 0 saturated carbocycles. The fourth-order valence-corrected chi connectivity index (χ4v) is 2.72. The summed E-state index contributed by atoms with van der Waals surface area (Å²) in [6, 6.07) is 18.8. The van der Waals surface area contributed by atoms with E-state index in [1.807, 2.05) is 28.9 Å². The Balaban J connectivity index is 2.20. The van der Waals surface area contributed by atoms with Gasteiger partial charge in [-0.25, -0.2) is 4.68 Å². The molecule has 1 aromatic heterocycles. The summed E-state index contributed by atoms with van der Waals surface area (Å²) in [6.07, 6.45) is 0. The molecule has 102 valence electrons. The lowest BCUT2D eigenvalue weighted by Gasteiger charge is -2.31. The number of hydrogen-bond donors (Lipinski definition) is 0. The van der Waals surface area contributed by atoms with Crippen LogP contribution in [-0.4, -0.2) is 15.0 Å². The first-order valence-corrected chi connectivity index (χ1v) is 6.92. The van der Waals surface area contributed by atoms with Crippen LogP contribution in [0.4, 0.5) is 0 Å². The summed E-state index contributed by atoms with van der Waals surface area (Å²) >= 11 is 0. The molecule has 0 spiro atoms. The van der Waals surface area contributed by atoms with Crippen LogP contribution in [0.3, 0.4) is 0 Å². The minimum Gasteiger partial charge on any atom is -0.237 e. The molecule has 1 unspecified atom stereocenters. The van der Waals surface area contributed by atoms with E-state index in [0.29, 0.717) is 0 Å². The van der Waals surface area contributed by atoms with Gasteiger partial charge in [0.15, 0.2) is 0 Å². The molecule has 0 N–H and O–H groups in total. The summed E-state index contributed by atoms with van der Waals surface area (Å²) in [5.41, 5.74) is 3.34. The molecule has 1 atom stereocenters. The third kappa shape index (κ3) is 2.20. The average Bonchev–Trinajstić information content (AvgIpc) is 2.83. The van der Waals surface area contributed by atoms with Crippen molar-refractivity contribution in [2.24, 2.45) is 5.41 Å². The lowest BCUT2D eigenvalue weighted by Crippen LogP contribution is -2.26. The zero-order chi connectivity index (χ0) is 14.2. The van der Waals surface area contributed by atoms with Gasteiger partial charge in [-0.3, -0.25) is 0 Å². The van der Waals surface area contributed by atoms with Gasteiger partial charge in [-0.05, 0) is 23.1 Å². The Labute approximate surface area is 119 Å². The van der Waals surface area contributed by atoms with Crippen LogP contribution in [0.1, 0.15) is 32.4 Å². The van der Waals surface area contributed by atoms with Crippen LogP contribution >= 0.6 is 0 Å². The number of para-hydroxylation sites is 1. The molecule has 3 nitrogen and oxygen atoms in total. The van der Waals surface area contributed by atoms with Gasteiger partial charge in [0.05, 0.1) is 11.6 Å². The Morgan fingerprint density at radius 2 is 1.55 bits per heavy atom. The minimum absolute atomic E-state index is 0.0534. The largest absolute Gasteiger partial charge is 0.237 e. The summed E-state index contributed by atoms with van der Waals surface area (Å²) in [5, 5.41) is 8.70. The highest BCUT2D eigenvalue weighted by Crippen LogP contribution is 2.37. The van der Waals surface area contributed by atoms with Crippen molar-refractivity contribution < 1.29 is 0 Å². The van der Waals surface area contributed by atoms with Crippen LogP contribution in [0.5, 0.6) is 0 Å². The number of benzene rings is 2. The Kier molecular flexibility index (Phi) is 3.05. The Hall–Kier alpha value is -2.16. The second kappa shape index (κ2) is 4.75. The van der Waals surface area contributed by atoms with Gasteiger partial charge >= 0.3 is 0 Å². The summed E-state index contributed by atoms with van der Waals surface area (Å²) in [6.45, 7) is 6.71. The molecule has 3 aromatic rings. The van der Waals surface area contributed by atoms with Crippen molar-refractivity contribution >= 4 is 11.0 Å². The average molecular weight is 265 g/mol. The van der Waals surface area contributed by atoms with E-state index in [2.05, 4.69) is 61.4 Å². The van der Waals surface area contributed by atoms with E-state index in [-0.39, 0.29) is 11.5 Å². The maximum Gasteiger partial charge on any atom is 0.113 e. The second-order valence-corrected chi connectivity index (χ2v) is 6.20. The fraction of sp³-hybridized carbons (Fsp3) is 0.294. The molecule has 0 bridgehead atoms. The third-order valence-corrected chi connectivity index (χ3v) is 3.56. The number of aromatic nitrogens is 3. The van der Waals surface area contributed by atoms with Crippen molar-refractivity contribution in [3.05, 3.63) is 60.2 Å². The first kappa shape index (κ1) is 12.9. The molecule has 0 saturated heterocycles. The summed E-state index contributed by atoms with van der Waals surface area (Å²) in [7, 11) is 0. The molecule has 2 aromatic carbocycles. The number of rotatable bonds is 2. The van der Waals surface area contributed by atoms with Crippen LogP contribution in [0, 0.1) is 5.41 Å². The smallest absolute Gasteiger partial charge is 0.113 e. The van der Waals surface area contributed by atoms with E-state index in [1.54, 1.807) is 0 Å². The minimum atomic E-state index is 0.0534. The number of nitrogens with zero attached hydrogens (tertiary/aromatic N) is 3. The van der Waals surface area contributed by atoms with Gasteiger partial charge in [0.1, 0.15) is 5.52 Å². The molecule has 0 radical (unpaired) electrons. The molecule has 0 aliphatic rings. The van der Waals surface area contributed by atoms with Crippen LogP contribution in [0.25, 0.3) is 11.0 Å². The van der Waals surface area contributed by atoms with Gasteiger partial charge in [0.2, 0.25) is 0 Å². The maximum atomic E-state index is 4.41. The first-order chi connectivity index (χ1) is 9.57. The van der Waals surface area contributed by atoms with Gasteiger partial charge in [0.25, 0.3) is 0 Å². The molecule has 3 heteroatoms. The standard InChI is InChI=1S/C17H19N3/c1-17(2,3)16(13-9-5-4-6-10-13)20-15-12-8-7-11-14(15)18-19-20/h4-12,16H,1-3H3. The van der Waals surface area contributed by atoms with Crippen molar-refractivity contribution in [1.29, 1.82) is 0 Å². The second-order valence-electron chi connectivity index (χ2n) is 6.20. The fourth-order valence-electron chi connectivity index (χ4n) is 2.72. The predicted molar refractivity (Wildman–Crippen MR) is 81.6 cm³/mol. The monoisotopic (exact) mass is 265 g/mol. The molecule has 0 amide bonds. The topological polar surface area (TPSA) is 30.7 Å². The Bertz CT molecular complexity index is 708. The first-order valence-electron chi connectivity index (χ1n) is 6.92. The maximum absolute atomic E-state index is 4.41. The molecular weight excluding hydrogens is 246 g/mol. The van der Waals surface area contributed by atoms with E-state index in [0.717, 1.165) is 11.0 Å². The van der Waals surface area contributed by atoms with Crippen molar-refractivity contribution in [2.75, 3.05) is 0 Å². The summed E-state index contributed by atoms with van der Waals surface area (Å²) in [5.74, 6) is 0. The summed E-state index contributed by atoms with van der Waals surface area (Å²) in [4.78, 5) is 0. The van der Waals surface area contributed by atoms with Gasteiger partial charge in [-0.15, -0.1) is 5.10 Å². The van der Waals surface area contributed by atoms with E-state index < -0.39 is 0 Å². The van der Waals surface area contributed by atoms with Crippen molar-refractivity contribution in [3.8, 4) is 0 Å². The summed E-state index contributed by atoms with van der Waals surface area (Å²) < 4.78 is 2.05. The van der Waals surface area contributed by atoms with Crippen LogP contribution in [0.15, 0.2) is 54.6 Å². The van der Waals surface area contributed by atoms with Crippen molar-refractivity contribution in [3.63, 3.8) is 0 Å². The van der Waals surface area contributed by atoms with Gasteiger partial charge in [0, 0.05) is 0 Å². The quantitative estimate of drug-likeness (QED) is 0.699. The molecule has 0 aliphatic heterocycles. The highest BCUT2D eigenvalue weighted by atomic mass is 15.4. The SMILES string of the molecule is CC(C)(C)C(c1ccccc1)n1nnc2ccccc21. The molecule has 0 aliphatic carbocycles. The Morgan fingerprint density at radius 3 is 2.25 bits per heavy atom. The van der Waals surface area contributed by atoms with Crippen LogP contribution < -0.4 is 0 Å². The third-order valence-electron chi connectivity index (χ3n) is 3.56. The molecule has 20 heavy (non-hydrogen) atoms. The van der Waals surface area contributed by atoms with E-state index in [9.17, 15) is 0 Å². The van der Waals surface area contributed by atoms with Crippen molar-refractivity contribution in [1.82, 2.24) is 15.0 Å².